The molecule has 0 bridgehead atoms. The van der Waals surface area contributed by atoms with E-state index < -0.39 is 0 Å². The van der Waals surface area contributed by atoms with Crippen molar-refractivity contribution in [2.45, 2.75) is 53.0 Å². The molecule has 136 valence electrons. The lowest BCUT2D eigenvalue weighted by Crippen LogP contribution is -2.30. The molecule has 26 heavy (non-hydrogen) atoms. The number of carbonyl (C=O) groups excluding carboxylic acids is 1. The molecule has 1 aliphatic carbocycles. The normalized spacial score (nSPS) is 17.5. The smallest absolute Gasteiger partial charge is 0.251 e. The molecule has 1 N–H and O–H groups in total. The lowest BCUT2D eigenvalue weighted by molar-refractivity contribution is 0.0932. The molecule has 2 heteroatoms. The molecule has 2 aromatic carbocycles. The minimum Gasteiger partial charge on any atom is -0.345 e. The van der Waals surface area contributed by atoms with Gasteiger partial charge in [0.15, 0.2) is 0 Å². The zero-order valence-corrected chi connectivity index (χ0v) is 16.3. The van der Waals surface area contributed by atoms with Crippen molar-refractivity contribution in [2.24, 2.45) is 5.41 Å². The summed E-state index contributed by atoms with van der Waals surface area (Å²) >= 11 is 0. The van der Waals surface area contributed by atoms with Gasteiger partial charge in [0.1, 0.15) is 0 Å². The molecule has 1 amide bonds. The van der Waals surface area contributed by atoms with Gasteiger partial charge in [-0.25, -0.2) is 0 Å². The minimum absolute atomic E-state index is 0.00991. The van der Waals surface area contributed by atoms with Gasteiger partial charge in [-0.3, -0.25) is 4.79 Å². The first kappa shape index (κ1) is 18.4. The van der Waals surface area contributed by atoms with Gasteiger partial charge in [0.25, 0.3) is 5.91 Å². The lowest BCUT2D eigenvalue weighted by atomic mass is 9.87. The molecule has 0 fully saturated rings. The van der Waals surface area contributed by atoms with E-state index in [9.17, 15) is 4.79 Å². The summed E-state index contributed by atoms with van der Waals surface area (Å²) in [5.74, 6) is 0.00991. The van der Waals surface area contributed by atoms with Gasteiger partial charge in [-0.15, -0.1) is 0 Å². The number of fused-ring (bicyclic) bond motifs is 1. The van der Waals surface area contributed by atoms with Gasteiger partial charge >= 0.3 is 0 Å². The van der Waals surface area contributed by atoms with Crippen molar-refractivity contribution in [1.82, 2.24) is 5.32 Å². The van der Waals surface area contributed by atoms with Crippen molar-refractivity contribution in [3.8, 4) is 0 Å². The molecule has 2 aromatic rings. The Hall–Kier alpha value is -2.35. The molecule has 2 nitrogen and oxygen atoms in total. The number of aryl methyl sites for hydroxylation is 1. The molecule has 0 radical (unpaired) electrons. The average molecular weight is 348 g/mol. The van der Waals surface area contributed by atoms with E-state index in [1.807, 2.05) is 24.3 Å². The third kappa shape index (κ3) is 4.43. The van der Waals surface area contributed by atoms with Crippen LogP contribution in [0.1, 0.15) is 73.6 Å². The Morgan fingerprint density at radius 2 is 1.69 bits per heavy atom. The summed E-state index contributed by atoms with van der Waals surface area (Å²) in [5.41, 5.74) is 5.91. The van der Waals surface area contributed by atoms with Crippen LogP contribution in [0.25, 0.3) is 5.57 Å². The van der Waals surface area contributed by atoms with Crippen molar-refractivity contribution in [3.63, 3.8) is 0 Å². The van der Waals surface area contributed by atoms with Gasteiger partial charge in [0.2, 0.25) is 0 Å². The number of allylic oxidation sites excluding steroid dienone is 2. The van der Waals surface area contributed by atoms with Gasteiger partial charge in [0.05, 0.1) is 6.04 Å². The third-order valence-electron chi connectivity index (χ3n) is 4.93. The second-order valence-electron chi connectivity index (χ2n) is 8.39. The number of nitrogens with one attached hydrogen (secondary N) is 1. The first-order chi connectivity index (χ1) is 12.3. The Labute approximate surface area is 157 Å². The fraction of sp³-hybridized carbons (Fsp3) is 0.375. The quantitative estimate of drug-likeness (QED) is 0.731. The molecule has 1 atom stereocenters. The fourth-order valence-electron chi connectivity index (χ4n) is 3.76. The second kappa shape index (κ2) is 7.49. The number of rotatable bonds is 3. The molecule has 0 heterocycles. The number of hydrogen-bond donors (Lipinski definition) is 1. The second-order valence-corrected chi connectivity index (χ2v) is 8.39. The highest BCUT2D eigenvalue weighted by molar-refractivity contribution is 5.94. The Kier molecular flexibility index (Phi) is 5.31. The van der Waals surface area contributed by atoms with Crippen LogP contribution in [0.15, 0.2) is 54.6 Å². The molecular formula is C24H29NO. The van der Waals surface area contributed by atoms with Crippen molar-refractivity contribution in [2.75, 3.05) is 0 Å². The van der Waals surface area contributed by atoms with Gasteiger partial charge in [-0.2, -0.15) is 0 Å². The van der Waals surface area contributed by atoms with E-state index in [1.54, 1.807) is 0 Å². The van der Waals surface area contributed by atoms with Crippen LogP contribution in [0.2, 0.25) is 0 Å². The van der Waals surface area contributed by atoms with Crippen LogP contribution in [-0.4, -0.2) is 5.91 Å². The lowest BCUT2D eigenvalue weighted by Gasteiger charge is -2.26. The summed E-state index contributed by atoms with van der Waals surface area (Å²) < 4.78 is 0. The zero-order chi connectivity index (χ0) is 18.7. The van der Waals surface area contributed by atoms with Gasteiger partial charge in [0, 0.05) is 5.56 Å². The summed E-state index contributed by atoms with van der Waals surface area (Å²) in [6.45, 7) is 8.71. The maximum Gasteiger partial charge on any atom is 0.251 e. The molecule has 3 rings (SSSR count). The summed E-state index contributed by atoms with van der Waals surface area (Å²) in [5, 5.41) is 3.22. The third-order valence-corrected chi connectivity index (χ3v) is 4.93. The standard InChI is InChI=1S/C24H29NO/c1-17(16-24(2,3)4)18-12-14-20(15-13-18)23(26)25-22-11-7-9-19-8-5-6-10-21(19)22/h5-6,8,10,12-16,22H,7,9,11H2,1-4H3,(H,25,26)/b17-16-. The predicted octanol–water partition coefficient (Wildman–Crippen LogP) is 5.94. The summed E-state index contributed by atoms with van der Waals surface area (Å²) in [4.78, 5) is 12.7. The maximum absolute atomic E-state index is 12.7. The van der Waals surface area contributed by atoms with Crippen molar-refractivity contribution in [1.29, 1.82) is 0 Å². The van der Waals surface area contributed by atoms with Gasteiger partial charge in [-0.1, -0.05) is 63.2 Å². The van der Waals surface area contributed by atoms with E-state index in [0.29, 0.717) is 0 Å². The van der Waals surface area contributed by atoms with E-state index in [0.717, 1.165) is 24.8 Å². The topological polar surface area (TPSA) is 29.1 Å². The first-order valence-electron chi connectivity index (χ1n) is 9.52. The van der Waals surface area contributed by atoms with Gasteiger partial charge in [-0.05, 0) is 66.0 Å². The molecule has 0 spiro atoms. The van der Waals surface area contributed by atoms with E-state index in [-0.39, 0.29) is 17.4 Å². The highest BCUT2D eigenvalue weighted by Crippen LogP contribution is 2.30. The largest absolute Gasteiger partial charge is 0.345 e. The van der Waals surface area contributed by atoms with E-state index >= 15 is 0 Å². The van der Waals surface area contributed by atoms with Crippen molar-refractivity contribution >= 4 is 11.5 Å². The number of hydrogen-bond acceptors (Lipinski definition) is 1. The Morgan fingerprint density at radius 1 is 1.04 bits per heavy atom. The highest BCUT2D eigenvalue weighted by Gasteiger charge is 2.21. The first-order valence-corrected chi connectivity index (χ1v) is 9.52. The Balaban J connectivity index is 1.73. The molecule has 1 aliphatic rings. The van der Waals surface area contributed by atoms with Crippen LogP contribution >= 0.6 is 0 Å². The molecular weight excluding hydrogens is 318 g/mol. The Morgan fingerprint density at radius 3 is 2.38 bits per heavy atom. The van der Waals surface area contributed by atoms with Crippen molar-refractivity contribution in [3.05, 3.63) is 76.9 Å². The monoisotopic (exact) mass is 347 g/mol. The number of benzene rings is 2. The van der Waals surface area contributed by atoms with Gasteiger partial charge < -0.3 is 5.32 Å². The molecule has 0 aliphatic heterocycles. The zero-order valence-electron chi connectivity index (χ0n) is 16.3. The van der Waals surface area contributed by atoms with Crippen molar-refractivity contribution < 1.29 is 4.79 Å². The highest BCUT2D eigenvalue weighted by atomic mass is 16.1. The summed E-state index contributed by atoms with van der Waals surface area (Å²) in [6, 6.07) is 16.5. The van der Waals surface area contributed by atoms with Crippen LogP contribution < -0.4 is 5.32 Å². The summed E-state index contributed by atoms with van der Waals surface area (Å²) in [6.07, 6.45) is 5.50. The Bertz CT molecular complexity index is 809. The number of carbonyl (C=O) groups is 1. The molecule has 1 unspecified atom stereocenters. The van der Waals surface area contributed by atoms with Crippen LogP contribution in [0.5, 0.6) is 0 Å². The SMILES string of the molecule is C/C(=C/C(C)(C)C)c1ccc(C(=O)NC2CCCc3ccccc32)cc1. The number of amides is 1. The van der Waals surface area contributed by atoms with E-state index in [4.69, 9.17) is 0 Å². The molecule has 0 aromatic heterocycles. The maximum atomic E-state index is 12.7. The van der Waals surface area contributed by atoms with Crippen LogP contribution in [0.3, 0.4) is 0 Å². The van der Waals surface area contributed by atoms with E-state index in [1.165, 1.54) is 22.3 Å². The van der Waals surface area contributed by atoms with Crippen LogP contribution in [-0.2, 0) is 6.42 Å². The van der Waals surface area contributed by atoms with E-state index in [2.05, 4.69) is 63.4 Å². The fourth-order valence-corrected chi connectivity index (χ4v) is 3.76. The minimum atomic E-state index is 0.00991. The molecule has 0 saturated carbocycles. The molecule has 0 saturated heterocycles. The van der Waals surface area contributed by atoms with Crippen LogP contribution in [0.4, 0.5) is 0 Å². The average Bonchev–Trinajstić information content (AvgIpc) is 2.61. The van der Waals surface area contributed by atoms with Crippen LogP contribution in [0, 0.1) is 5.41 Å². The summed E-state index contributed by atoms with van der Waals surface area (Å²) in [7, 11) is 0. The predicted molar refractivity (Wildman–Crippen MR) is 109 cm³/mol.